The van der Waals surface area contributed by atoms with Gasteiger partial charge in [-0.1, -0.05) is 80.0 Å². The molecule has 190 valence electrons. The van der Waals surface area contributed by atoms with E-state index in [2.05, 4.69) is 12.2 Å². The topological polar surface area (TPSA) is 58.6 Å². The summed E-state index contributed by atoms with van der Waals surface area (Å²) in [5, 5.41) is 3.69. The first-order chi connectivity index (χ1) is 17.4. The van der Waals surface area contributed by atoms with E-state index in [4.69, 9.17) is 16.3 Å². The lowest BCUT2D eigenvalue weighted by atomic mass is 10.0. The number of nitrogens with one attached hydrogen (secondary N) is 1. The van der Waals surface area contributed by atoms with Crippen LogP contribution in [0.3, 0.4) is 0 Å². The number of halogens is 1. The molecule has 0 aliphatic rings. The zero-order valence-corrected chi connectivity index (χ0v) is 22.0. The third-order valence-electron chi connectivity index (χ3n) is 6.23. The van der Waals surface area contributed by atoms with Gasteiger partial charge < -0.3 is 15.0 Å². The molecule has 3 rings (SSSR count). The van der Waals surface area contributed by atoms with E-state index in [0.717, 1.165) is 24.0 Å². The maximum Gasteiger partial charge on any atom is 0.261 e. The van der Waals surface area contributed by atoms with Crippen molar-refractivity contribution < 1.29 is 14.3 Å². The molecule has 3 aromatic rings. The minimum absolute atomic E-state index is 0.00316. The van der Waals surface area contributed by atoms with Crippen LogP contribution in [0.4, 0.5) is 0 Å². The van der Waals surface area contributed by atoms with Crippen molar-refractivity contribution in [2.75, 3.05) is 6.61 Å². The summed E-state index contributed by atoms with van der Waals surface area (Å²) in [6.45, 7) is 6.17. The Balaban J connectivity index is 1.88. The molecule has 6 heteroatoms. The van der Waals surface area contributed by atoms with Crippen LogP contribution in [-0.2, 0) is 29.0 Å². The second-order valence-electron chi connectivity index (χ2n) is 8.96. The maximum atomic E-state index is 13.6. The highest BCUT2D eigenvalue weighted by atomic mass is 35.5. The number of ether oxygens (including phenoxy) is 1. The molecular formula is C30H35ClN2O3. The summed E-state index contributed by atoms with van der Waals surface area (Å²) in [5.74, 6) is 0.184. The largest absolute Gasteiger partial charge is 0.484 e. The van der Waals surface area contributed by atoms with Crippen LogP contribution < -0.4 is 10.1 Å². The third kappa shape index (κ3) is 8.13. The van der Waals surface area contributed by atoms with Crippen LogP contribution in [0, 0.1) is 0 Å². The van der Waals surface area contributed by atoms with Gasteiger partial charge in [-0.05, 0) is 60.7 Å². The first-order valence-electron chi connectivity index (χ1n) is 12.5. The highest BCUT2D eigenvalue weighted by Crippen LogP contribution is 2.18. The van der Waals surface area contributed by atoms with E-state index in [1.165, 1.54) is 5.56 Å². The van der Waals surface area contributed by atoms with Gasteiger partial charge in [0, 0.05) is 24.0 Å². The molecule has 0 aliphatic heterocycles. The van der Waals surface area contributed by atoms with E-state index < -0.39 is 6.04 Å². The van der Waals surface area contributed by atoms with E-state index in [1.807, 2.05) is 80.6 Å². The summed E-state index contributed by atoms with van der Waals surface area (Å²) in [5.41, 5.74) is 3.06. The van der Waals surface area contributed by atoms with Gasteiger partial charge in [-0.2, -0.15) is 0 Å². The molecule has 36 heavy (non-hydrogen) atoms. The smallest absolute Gasteiger partial charge is 0.261 e. The Bertz CT molecular complexity index is 1100. The number of benzene rings is 3. The number of aryl methyl sites for hydroxylation is 1. The van der Waals surface area contributed by atoms with Gasteiger partial charge >= 0.3 is 0 Å². The summed E-state index contributed by atoms with van der Waals surface area (Å²) in [6.07, 6.45) is 2.12. The summed E-state index contributed by atoms with van der Waals surface area (Å²) in [7, 11) is 0. The fraction of sp³-hybridized carbons (Fsp3) is 0.333. The predicted octanol–water partition coefficient (Wildman–Crippen LogP) is 5.84. The Morgan fingerprint density at radius 3 is 2.14 bits per heavy atom. The summed E-state index contributed by atoms with van der Waals surface area (Å²) < 4.78 is 5.84. The molecule has 0 heterocycles. The van der Waals surface area contributed by atoms with Crippen molar-refractivity contribution in [3.63, 3.8) is 0 Å². The second-order valence-corrected chi connectivity index (χ2v) is 9.39. The average Bonchev–Trinajstić information content (AvgIpc) is 2.91. The molecule has 0 bridgehead atoms. The summed E-state index contributed by atoms with van der Waals surface area (Å²) >= 11 is 6.08. The van der Waals surface area contributed by atoms with Crippen molar-refractivity contribution in [2.45, 2.75) is 58.7 Å². The standard InChI is InChI=1S/C30H35ClN2O3/c1-4-22(3)32-30(35)28(19-24-9-7-6-8-10-24)33(20-25-11-15-26(31)16-12-25)29(34)21-36-27-17-13-23(5-2)14-18-27/h6-18,22,28H,4-5,19-21H2,1-3H3,(H,32,35). The van der Waals surface area contributed by atoms with Crippen molar-refractivity contribution in [3.8, 4) is 5.75 Å². The van der Waals surface area contributed by atoms with Crippen LogP contribution in [0.15, 0.2) is 78.9 Å². The number of hydrogen-bond acceptors (Lipinski definition) is 3. The van der Waals surface area contributed by atoms with Gasteiger partial charge in [0.05, 0.1) is 0 Å². The fourth-order valence-corrected chi connectivity index (χ4v) is 3.96. The number of amides is 2. The van der Waals surface area contributed by atoms with Crippen molar-refractivity contribution in [1.82, 2.24) is 10.2 Å². The number of hydrogen-bond donors (Lipinski definition) is 1. The Morgan fingerprint density at radius 1 is 0.889 bits per heavy atom. The lowest BCUT2D eigenvalue weighted by Gasteiger charge is -2.32. The maximum absolute atomic E-state index is 13.6. The molecule has 0 aromatic heterocycles. The molecule has 0 saturated carbocycles. The zero-order valence-electron chi connectivity index (χ0n) is 21.2. The van der Waals surface area contributed by atoms with E-state index in [9.17, 15) is 9.59 Å². The van der Waals surface area contributed by atoms with Gasteiger partial charge in [-0.15, -0.1) is 0 Å². The molecule has 0 aliphatic carbocycles. The third-order valence-corrected chi connectivity index (χ3v) is 6.48. The summed E-state index contributed by atoms with van der Waals surface area (Å²) in [4.78, 5) is 28.7. The second kappa shape index (κ2) is 13.7. The van der Waals surface area contributed by atoms with E-state index in [1.54, 1.807) is 17.0 Å². The molecule has 3 aromatic carbocycles. The quantitative estimate of drug-likeness (QED) is 0.336. The number of carbonyl (C=O) groups excluding carboxylic acids is 2. The fourth-order valence-electron chi connectivity index (χ4n) is 3.83. The minimum Gasteiger partial charge on any atom is -0.484 e. The van der Waals surface area contributed by atoms with Crippen molar-refractivity contribution in [3.05, 3.63) is 101 Å². The van der Waals surface area contributed by atoms with Crippen molar-refractivity contribution in [2.24, 2.45) is 0 Å². The normalized spacial score (nSPS) is 12.4. The van der Waals surface area contributed by atoms with Crippen LogP contribution in [0.5, 0.6) is 5.75 Å². The van der Waals surface area contributed by atoms with Crippen LogP contribution in [0.25, 0.3) is 0 Å². The Kier molecular flexibility index (Phi) is 10.4. The van der Waals surface area contributed by atoms with E-state index >= 15 is 0 Å². The molecule has 5 nitrogen and oxygen atoms in total. The number of nitrogens with zero attached hydrogens (tertiary/aromatic N) is 1. The lowest BCUT2D eigenvalue weighted by molar-refractivity contribution is -0.143. The van der Waals surface area contributed by atoms with Gasteiger partial charge in [-0.3, -0.25) is 9.59 Å². The predicted molar refractivity (Wildman–Crippen MR) is 145 cm³/mol. The highest BCUT2D eigenvalue weighted by molar-refractivity contribution is 6.30. The average molecular weight is 507 g/mol. The van der Waals surface area contributed by atoms with Crippen LogP contribution in [0.1, 0.15) is 43.9 Å². The van der Waals surface area contributed by atoms with Crippen LogP contribution >= 0.6 is 11.6 Å². The van der Waals surface area contributed by atoms with Gasteiger partial charge in [0.25, 0.3) is 5.91 Å². The molecule has 0 radical (unpaired) electrons. The highest BCUT2D eigenvalue weighted by Gasteiger charge is 2.31. The molecular weight excluding hydrogens is 472 g/mol. The first-order valence-corrected chi connectivity index (χ1v) is 12.9. The SMILES string of the molecule is CCc1ccc(OCC(=O)N(Cc2ccc(Cl)cc2)C(Cc2ccccc2)C(=O)NC(C)CC)cc1. The molecule has 0 saturated heterocycles. The zero-order chi connectivity index (χ0) is 25.9. The van der Waals surface area contributed by atoms with E-state index in [-0.39, 0.29) is 31.0 Å². The Hall–Kier alpha value is -3.31. The van der Waals surface area contributed by atoms with E-state index in [0.29, 0.717) is 17.2 Å². The molecule has 0 fully saturated rings. The van der Waals surface area contributed by atoms with Gasteiger partial charge in [0.2, 0.25) is 5.91 Å². The monoisotopic (exact) mass is 506 g/mol. The molecule has 1 N–H and O–H groups in total. The van der Waals surface area contributed by atoms with Crippen LogP contribution in [-0.4, -0.2) is 35.4 Å². The lowest BCUT2D eigenvalue weighted by Crippen LogP contribution is -2.53. The molecule has 2 amide bonds. The molecule has 2 unspecified atom stereocenters. The number of rotatable bonds is 12. The van der Waals surface area contributed by atoms with Crippen LogP contribution in [0.2, 0.25) is 5.02 Å². The van der Waals surface area contributed by atoms with Gasteiger partial charge in [0.15, 0.2) is 6.61 Å². The van der Waals surface area contributed by atoms with Crippen molar-refractivity contribution >= 4 is 23.4 Å². The number of carbonyl (C=O) groups is 2. The minimum atomic E-state index is -0.698. The Morgan fingerprint density at radius 2 is 1.53 bits per heavy atom. The molecule has 0 spiro atoms. The van der Waals surface area contributed by atoms with Crippen molar-refractivity contribution in [1.29, 1.82) is 0 Å². The first kappa shape index (κ1) is 27.3. The van der Waals surface area contributed by atoms with Gasteiger partial charge in [0.1, 0.15) is 11.8 Å². The molecule has 2 atom stereocenters. The summed E-state index contributed by atoms with van der Waals surface area (Å²) in [6, 6.07) is 24.1. The van der Waals surface area contributed by atoms with Gasteiger partial charge in [-0.25, -0.2) is 0 Å². The Labute approximate surface area is 219 Å².